The molecule has 1 aromatic heterocycles. The minimum Gasteiger partial charge on any atom is -0.486 e. The van der Waals surface area contributed by atoms with E-state index in [9.17, 15) is 8.42 Å². The summed E-state index contributed by atoms with van der Waals surface area (Å²) in [5, 5.41) is 2.39. The van der Waals surface area contributed by atoms with Crippen LogP contribution in [0.4, 0.5) is 0 Å². The molecule has 0 atom stereocenters. The van der Waals surface area contributed by atoms with Crippen LogP contribution >= 0.6 is 11.3 Å². The summed E-state index contributed by atoms with van der Waals surface area (Å²) in [6, 6.07) is 11.7. The molecule has 3 aromatic rings. The van der Waals surface area contributed by atoms with Crippen molar-refractivity contribution < 1.29 is 22.6 Å². The summed E-state index contributed by atoms with van der Waals surface area (Å²) < 4.78 is 44.1. The Morgan fingerprint density at radius 3 is 2.59 bits per heavy atom. The van der Waals surface area contributed by atoms with E-state index < -0.39 is 10.0 Å². The third kappa shape index (κ3) is 4.21. The van der Waals surface area contributed by atoms with Gasteiger partial charge in [0.1, 0.15) is 19.0 Å². The van der Waals surface area contributed by atoms with E-state index in [-0.39, 0.29) is 11.4 Å². The number of rotatable bonds is 6. The molecule has 4 rings (SSSR count). The molecule has 1 N–H and O–H groups in total. The first-order valence-electron chi connectivity index (χ1n) is 8.16. The maximum Gasteiger partial charge on any atom is 0.278 e. The van der Waals surface area contributed by atoms with E-state index in [1.807, 2.05) is 5.38 Å². The minimum atomic E-state index is -3.67. The monoisotopic (exact) mass is 404 g/mol. The molecule has 1 aliphatic rings. The summed E-state index contributed by atoms with van der Waals surface area (Å²) in [5.74, 6) is 1.63. The fraction of sp³-hybridized carbons (Fsp3) is 0.167. The Morgan fingerprint density at radius 1 is 1.07 bits per heavy atom. The largest absolute Gasteiger partial charge is 0.486 e. The first-order valence-corrected chi connectivity index (χ1v) is 10.5. The number of thiazole rings is 1. The number of fused-ring (bicyclic) bond motifs is 1. The van der Waals surface area contributed by atoms with Crippen molar-refractivity contribution in [1.29, 1.82) is 0 Å². The van der Waals surface area contributed by atoms with Crippen molar-refractivity contribution in [3.8, 4) is 22.4 Å². The number of benzene rings is 2. The summed E-state index contributed by atoms with van der Waals surface area (Å²) in [6.45, 7) is 1.02. The van der Waals surface area contributed by atoms with Gasteiger partial charge < -0.3 is 14.2 Å². The van der Waals surface area contributed by atoms with E-state index in [4.69, 9.17) is 14.2 Å². The van der Waals surface area contributed by atoms with E-state index >= 15 is 0 Å². The normalized spacial score (nSPS) is 13.3. The zero-order valence-corrected chi connectivity index (χ0v) is 15.8. The topological polar surface area (TPSA) is 86.8 Å². The maximum absolute atomic E-state index is 12.5. The van der Waals surface area contributed by atoms with Gasteiger partial charge in [-0.15, -0.1) is 0 Å². The Hall–Kier alpha value is -2.62. The van der Waals surface area contributed by atoms with Crippen LogP contribution < -0.4 is 18.9 Å². The Balaban J connectivity index is 1.41. The highest BCUT2D eigenvalue weighted by atomic mass is 32.2. The average molecular weight is 404 g/mol. The lowest BCUT2D eigenvalue weighted by molar-refractivity contribution is 0.171. The van der Waals surface area contributed by atoms with Crippen LogP contribution in [0.3, 0.4) is 0 Å². The first-order chi connectivity index (χ1) is 13.1. The molecule has 2 aromatic carbocycles. The highest BCUT2D eigenvalue weighted by molar-refractivity contribution is 7.89. The molecule has 9 heteroatoms. The molecule has 0 amide bonds. The van der Waals surface area contributed by atoms with E-state index in [2.05, 4.69) is 9.71 Å². The van der Waals surface area contributed by atoms with Crippen molar-refractivity contribution >= 4 is 21.4 Å². The third-order valence-electron chi connectivity index (χ3n) is 3.83. The lowest BCUT2D eigenvalue weighted by atomic mass is 10.2. The second-order valence-electron chi connectivity index (χ2n) is 5.67. The van der Waals surface area contributed by atoms with E-state index in [1.165, 1.54) is 23.5 Å². The zero-order valence-electron chi connectivity index (χ0n) is 14.1. The quantitative estimate of drug-likeness (QED) is 0.679. The molecule has 0 saturated carbocycles. The van der Waals surface area contributed by atoms with Crippen molar-refractivity contribution in [2.24, 2.45) is 0 Å². The minimum absolute atomic E-state index is 0.135. The van der Waals surface area contributed by atoms with Crippen molar-refractivity contribution in [3.05, 3.63) is 59.6 Å². The molecule has 0 unspecified atom stereocenters. The van der Waals surface area contributed by atoms with Crippen LogP contribution in [0.15, 0.2) is 58.9 Å². The van der Waals surface area contributed by atoms with E-state index in [0.29, 0.717) is 35.7 Å². The first kappa shape index (κ1) is 17.8. The summed E-state index contributed by atoms with van der Waals surface area (Å²) in [4.78, 5) is 4.19. The van der Waals surface area contributed by atoms with Crippen LogP contribution in [-0.4, -0.2) is 26.6 Å². The summed E-state index contributed by atoms with van der Waals surface area (Å²) >= 11 is 1.40. The Kier molecular flexibility index (Phi) is 4.97. The zero-order chi connectivity index (χ0) is 18.7. The molecule has 0 spiro atoms. The number of aromatic nitrogens is 1. The van der Waals surface area contributed by atoms with Crippen LogP contribution in [-0.2, 0) is 16.6 Å². The summed E-state index contributed by atoms with van der Waals surface area (Å²) in [5.41, 5.74) is 0.808. The van der Waals surface area contributed by atoms with Crippen LogP contribution in [0.2, 0.25) is 0 Å². The molecule has 140 valence electrons. The fourth-order valence-electron chi connectivity index (χ4n) is 2.49. The SMILES string of the molecule is O=S(=O)(NCc1ccc(Oc2nccs2)cc1)c1ccc2c(c1)OCCO2. The molecule has 0 bridgehead atoms. The number of ether oxygens (including phenoxy) is 3. The number of nitrogens with one attached hydrogen (secondary N) is 1. The maximum atomic E-state index is 12.5. The van der Waals surface area contributed by atoms with Crippen LogP contribution in [0.1, 0.15) is 5.56 Å². The number of hydrogen-bond acceptors (Lipinski definition) is 7. The molecule has 0 radical (unpaired) electrons. The Labute approximate surface area is 160 Å². The summed E-state index contributed by atoms with van der Waals surface area (Å²) in [6.07, 6.45) is 1.67. The molecule has 0 saturated heterocycles. The predicted molar refractivity (Wildman–Crippen MR) is 100 cm³/mol. The van der Waals surface area contributed by atoms with Crippen LogP contribution in [0.5, 0.6) is 22.4 Å². The van der Waals surface area contributed by atoms with Crippen molar-refractivity contribution in [3.63, 3.8) is 0 Å². The fourth-order valence-corrected chi connectivity index (χ4v) is 4.03. The van der Waals surface area contributed by atoms with Crippen LogP contribution in [0, 0.1) is 0 Å². The smallest absolute Gasteiger partial charge is 0.278 e. The molecular formula is C18H16N2O5S2. The second kappa shape index (κ2) is 7.55. The third-order valence-corrected chi connectivity index (χ3v) is 5.88. The van der Waals surface area contributed by atoms with Gasteiger partial charge in [0, 0.05) is 24.2 Å². The van der Waals surface area contributed by atoms with Gasteiger partial charge in [0.25, 0.3) is 5.19 Å². The second-order valence-corrected chi connectivity index (χ2v) is 8.30. The Morgan fingerprint density at radius 2 is 1.85 bits per heavy atom. The van der Waals surface area contributed by atoms with Gasteiger partial charge in [0.15, 0.2) is 11.5 Å². The Bertz CT molecular complexity index is 1020. The van der Waals surface area contributed by atoms with Gasteiger partial charge in [-0.2, -0.15) is 0 Å². The lowest BCUT2D eigenvalue weighted by Crippen LogP contribution is -2.23. The molecule has 0 fully saturated rings. The van der Waals surface area contributed by atoms with Crippen molar-refractivity contribution in [2.75, 3.05) is 13.2 Å². The highest BCUT2D eigenvalue weighted by Crippen LogP contribution is 2.32. The molecule has 1 aliphatic heterocycles. The molecular weight excluding hydrogens is 388 g/mol. The molecule has 27 heavy (non-hydrogen) atoms. The number of nitrogens with zero attached hydrogens (tertiary/aromatic N) is 1. The predicted octanol–water partition coefficient (Wildman–Crippen LogP) is 3.19. The number of hydrogen-bond donors (Lipinski definition) is 1. The van der Waals surface area contributed by atoms with Gasteiger partial charge >= 0.3 is 0 Å². The van der Waals surface area contributed by atoms with E-state index in [1.54, 1.807) is 36.5 Å². The summed E-state index contributed by atoms with van der Waals surface area (Å²) in [7, 11) is -3.67. The van der Waals surface area contributed by atoms with Gasteiger partial charge in [0.2, 0.25) is 10.0 Å². The number of sulfonamides is 1. The molecule has 0 aliphatic carbocycles. The van der Waals surface area contributed by atoms with Gasteiger partial charge in [-0.3, -0.25) is 0 Å². The highest BCUT2D eigenvalue weighted by Gasteiger charge is 2.19. The standard InChI is InChI=1S/C18H16N2O5S2/c21-27(22,15-5-6-16-17(11-15)24-9-8-23-16)20-12-13-1-3-14(4-2-13)25-18-19-7-10-26-18/h1-7,10-11,20H,8-9,12H2. The van der Waals surface area contributed by atoms with Gasteiger partial charge in [-0.25, -0.2) is 18.1 Å². The van der Waals surface area contributed by atoms with E-state index in [0.717, 1.165) is 5.56 Å². The van der Waals surface area contributed by atoms with Crippen LogP contribution in [0.25, 0.3) is 0 Å². The molecule has 2 heterocycles. The van der Waals surface area contributed by atoms with Crippen molar-refractivity contribution in [2.45, 2.75) is 11.4 Å². The van der Waals surface area contributed by atoms with Gasteiger partial charge in [-0.05, 0) is 29.8 Å². The average Bonchev–Trinajstić information content (AvgIpc) is 3.20. The molecule has 7 nitrogen and oxygen atoms in total. The lowest BCUT2D eigenvalue weighted by Gasteiger charge is -2.19. The van der Waals surface area contributed by atoms with Gasteiger partial charge in [0.05, 0.1) is 4.90 Å². The van der Waals surface area contributed by atoms with Crippen molar-refractivity contribution in [1.82, 2.24) is 9.71 Å². The van der Waals surface area contributed by atoms with Gasteiger partial charge in [-0.1, -0.05) is 23.5 Å².